The van der Waals surface area contributed by atoms with Crippen molar-refractivity contribution in [1.29, 1.82) is 0 Å². The molecule has 1 aliphatic carbocycles. The second kappa shape index (κ2) is 8.39. The quantitative estimate of drug-likeness (QED) is 0.624. The van der Waals surface area contributed by atoms with Crippen molar-refractivity contribution < 1.29 is 5.11 Å². The molecule has 2 nitrogen and oxygen atoms in total. The molecule has 0 heterocycles. The van der Waals surface area contributed by atoms with Gasteiger partial charge in [-0.1, -0.05) is 26.7 Å². The van der Waals surface area contributed by atoms with E-state index in [0.29, 0.717) is 0 Å². The second-order valence-electron chi connectivity index (χ2n) is 5.20. The van der Waals surface area contributed by atoms with Crippen LogP contribution in [0.4, 0.5) is 0 Å². The van der Waals surface area contributed by atoms with Crippen molar-refractivity contribution in [3.8, 4) is 0 Å². The lowest BCUT2D eigenvalue weighted by molar-refractivity contribution is 0.148. The Hall–Kier alpha value is 0.270. The largest absolute Gasteiger partial charge is 0.394 e. The average Bonchev–Trinajstić information content (AvgIpc) is 2.86. The molecule has 1 unspecified atom stereocenters. The molecule has 0 amide bonds. The van der Waals surface area contributed by atoms with Crippen molar-refractivity contribution in [2.45, 2.75) is 69.6 Å². The summed E-state index contributed by atoms with van der Waals surface area (Å²) in [5.74, 6) is 1.26. The van der Waals surface area contributed by atoms with Crippen LogP contribution < -0.4 is 5.32 Å². The summed E-state index contributed by atoms with van der Waals surface area (Å²) < 4.78 is 0. The lowest BCUT2D eigenvalue weighted by atomic mass is 9.91. The average molecular weight is 259 g/mol. The zero-order chi connectivity index (χ0) is 12.6. The van der Waals surface area contributed by atoms with Crippen molar-refractivity contribution in [1.82, 2.24) is 5.32 Å². The maximum absolute atomic E-state index is 9.55. The molecule has 0 aromatic rings. The molecule has 1 rings (SSSR count). The number of thioether (sulfide) groups is 1. The molecule has 1 saturated carbocycles. The maximum Gasteiger partial charge on any atom is 0.0613 e. The first-order chi connectivity index (χ1) is 8.26. The summed E-state index contributed by atoms with van der Waals surface area (Å²) in [4.78, 5) is 0. The number of aliphatic hydroxyl groups is 1. The first-order valence-electron chi connectivity index (χ1n) is 7.24. The molecule has 0 spiro atoms. The molecule has 0 radical (unpaired) electrons. The van der Waals surface area contributed by atoms with Gasteiger partial charge in [-0.05, 0) is 44.4 Å². The van der Waals surface area contributed by atoms with Gasteiger partial charge < -0.3 is 10.4 Å². The fraction of sp³-hybridized carbons (Fsp3) is 1.00. The zero-order valence-corrected chi connectivity index (χ0v) is 12.3. The minimum absolute atomic E-state index is 0.0228. The molecule has 0 aromatic heterocycles. The Bertz CT molecular complexity index is 189. The van der Waals surface area contributed by atoms with E-state index in [1.54, 1.807) is 0 Å². The van der Waals surface area contributed by atoms with E-state index in [1.807, 2.05) is 0 Å². The van der Waals surface area contributed by atoms with Gasteiger partial charge in [0.1, 0.15) is 0 Å². The van der Waals surface area contributed by atoms with Crippen LogP contribution in [0.5, 0.6) is 0 Å². The number of nitrogens with one attached hydrogen (secondary N) is 1. The molecule has 0 bridgehead atoms. The molecule has 102 valence electrons. The molecule has 0 aliphatic heterocycles. The Morgan fingerprint density at radius 3 is 2.53 bits per heavy atom. The molecule has 1 fully saturated rings. The summed E-state index contributed by atoms with van der Waals surface area (Å²) >= 11 is 2.15. The monoisotopic (exact) mass is 259 g/mol. The van der Waals surface area contributed by atoms with Gasteiger partial charge in [0.05, 0.1) is 6.61 Å². The number of hydrogen-bond donors (Lipinski definition) is 2. The lowest BCUT2D eigenvalue weighted by Crippen LogP contribution is -2.48. The van der Waals surface area contributed by atoms with E-state index < -0.39 is 0 Å². The van der Waals surface area contributed by atoms with Gasteiger partial charge in [-0.2, -0.15) is 11.8 Å². The smallest absolute Gasteiger partial charge is 0.0613 e. The zero-order valence-electron chi connectivity index (χ0n) is 11.5. The molecule has 1 aliphatic rings. The van der Waals surface area contributed by atoms with E-state index in [9.17, 15) is 5.11 Å². The normalized spacial score (nSPS) is 20.6. The number of hydrogen-bond acceptors (Lipinski definition) is 3. The Balaban J connectivity index is 2.17. The predicted molar refractivity (Wildman–Crippen MR) is 77.7 cm³/mol. The van der Waals surface area contributed by atoms with Gasteiger partial charge in [0, 0.05) is 10.8 Å². The highest BCUT2D eigenvalue weighted by atomic mass is 32.2. The molecule has 17 heavy (non-hydrogen) atoms. The number of aliphatic hydroxyl groups excluding tert-OH is 1. The summed E-state index contributed by atoms with van der Waals surface area (Å²) in [6.45, 7) is 5.51. The van der Waals surface area contributed by atoms with Crippen LogP contribution in [0, 0.1) is 0 Å². The highest BCUT2D eigenvalue weighted by Gasteiger charge is 2.25. The lowest BCUT2D eigenvalue weighted by Gasteiger charge is -2.32. The predicted octanol–water partition coefficient (Wildman–Crippen LogP) is 3.19. The molecule has 0 saturated heterocycles. The SMILES string of the molecule is CCNC(CC)(CO)CCCSC1CCCC1. The summed E-state index contributed by atoms with van der Waals surface area (Å²) in [5, 5.41) is 13.9. The third kappa shape index (κ3) is 5.19. The van der Waals surface area contributed by atoms with E-state index in [1.165, 1.54) is 37.9 Å². The van der Waals surface area contributed by atoms with Crippen LogP contribution in [0.2, 0.25) is 0 Å². The third-order valence-electron chi connectivity index (χ3n) is 3.99. The Morgan fingerprint density at radius 1 is 1.29 bits per heavy atom. The van der Waals surface area contributed by atoms with Crippen molar-refractivity contribution in [3.05, 3.63) is 0 Å². The third-order valence-corrected chi connectivity index (χ3v) is 5.45. The van der Waals surface area contributed by atoms with Crippen molar-refractivity contribution in [3.63, 3.8) is 0 Å². The van der Waals surface area contributed by atoms with Gasteiger partial charge in [0.2, 0.25) is 0 Å². The summed E-state index contributed by atoms with van der Waals surface area (Å²) in [6, 6.07) is 0. The standard InChI is InChI=1S/C14H29NOS/c1-3-14(12-16,15-4-2)10-7-11-17-13-8-5-6-9-13/h13,15-16H,3-12H2,1-2H3. The van der Waals surface area contributed by atoms with E-state index in [-0.39, 0.29) is 12.1 Å². The highest BCUT2D eigenvalue weighted by molar-refractivity contribution is 7.99. The number of rotatable bonds is 9. The summed E-state index contributed by atoms with van der Waals surface area (Å²) in [6.07, 6.45) is 9.07. The van der Waals surface area contributed by atoms with Crippen molar-refractivity contribution in [2.24, 2.45) is 0 Å². The first-order valence-corrected chi connectivity index (χ1v) is 8.28. The molecule has 1 atom stereocenters. The first kappa shape index (κ1) is 15.3. The minimum atomic E-state index is -0.0228. The Morgan fingerprint density at radius 2 is 2.00 bits per heavy atom. The summed E-state index contributed by atoms with van der Waals surface area (Å²) in [7, 11) is 0. The molecule has 2 N–H and O–H groups in total. The highest BCUT2D eigenvalue weighted by Crippen LogP contribution is 2.30. The topological polar surface area (TPSA) is 32.3 Å². The van der Waals surface area contributed by atoms with Crippen LogP contribution in [0.15, 0.2) is 0 Å². The summed E-state index contributed by atoms with van der Waals surface area (Å²) in [5.41, 5.74) is -0.0228. The van der Waals surface area contributed by atoms with Crippen LogP contribution >= 0.6 is 11.8 Å². The van der Waals surface area contributed by atoms with Crippen LogP contribution in [0.25, 0.3) is 0 Å². The van der Waals surface area contributed by atoms with Gasteiger partial charge in [-0.3, -0.25) is 0 Å². The second-order valence-corrected chi connectivity index (χ2v) is 6.61. The Labute approximate surface area is 111 Å². The van der Waals surface area contributed by atoms with Crippen molar-refractivity contribution in [2.75, 3.05) is 18.9 Å². The van der Waals surface area contributed by atoms with E-state index in [4.69, 9.17) is 0 Å². The molecular formula is C14H29NOS. The van der Waals surface area contributed by atoms with E-state index in [2.05, 4.69) is 30.9 Å². The van der Waals surface area contributed by atoms with Crippen LogP contribution in [-0.2, 0) is 0 Å². The molecular weight excluding hydrogens is 230 g/mol. The van der Waals surface area contributed by atoms with E-state index in [0.717, 1.165) is 24.6 Å². The van der Waals surface area contributed by atoms with Crippen molar-refractivity contribution >= 4 is 11.8 Å². The van der Waals surface area contributed by atoms with Crippen LogP contribution in [-0.4, -0.2) is 34.8 Å². The fourth-order valence-electron chi connectivity index (χ4n) is 2.73. The number of likely N-dealkylation sites (N-methyl/N-ethyl adjacent to an activating group) is 1. The van der Waals surface area contributed by atoms with Gasteiger partial charge >= 0.3 is 0 Å². The fourth-order valence-corrected chi connectivity index (χ4v) is 4.04. The van der Waals surface area contributed by atoms with Crippen LogP contribution in [0.1, 0.15) is 58.8 Å². The van der Waals surface area contributed by atoms with E-state index >= 15 is 0 Å². The maximum atomic E-state index is 9.55. The molecule has 3 heteroatoms. The Kier molecular flexibility index (Phi) is 7.56. The van der Waals surface area contributed by atoms with Crippen LogP contribution in [0.3, 0.4) is 0 Å². The molecule has 0 aromatic carbocycles. The minimum Gasteiger partial charge on any atom is -0.394 e. The van der Waals surface area contributed by atoms with Gasteiger partial charge in [0.25, 0.3) is 0 Å². The van der Waals surface area contributed by atoms with Gasteiger partial charge in [-0.15, -0.1) is 0 Å². The van der Waals surface area contributed by atoms with Gasteiger partial charge in [0.15, 0.2) is 0 Å². The van der Waals surface area contributed by atoms with Gasteiger partial charge in [-0.25, -0.2) is 0 Å².